The minimum atomic E-state index is -0.277. The van der Waals surface area contributed by atoms with Crippen LogP contribution in [0.3, 0.4) is 0 Å². The molecule has 6 heteroatoms. The van der Waals surface area contributed by atoms with Crippen LogP contribution in [0.2, 0.25) is 0 Å². The van der Waals surface area contributed by atoms with E-state index in [0.29, 0.717) is 29.3 Å². The van der Waals surface area contributed by atoms with Crippen LogP contribution in [-0.2, 0) is 6.54 Å². The first kappa shape index (κ1) is 16.2. The van der Waals surface area contributed by atoms with Gasteiger partial charge >= 0.3 is 0 Å². The Morgan fingerprint density at radius 2 is 2.21 bits per heavy atom. The van der Waals surface area contributed by atoms with E-state index >= 15 is 0 Å². The average Bonchev–Trinajstić information content (AvgIpc) is 3.12. The van der Waals surface area contributed by atoms with E-state index in [9.17, 15) is 9.59 Å². The maximum absolute atomic E-state index is 12.6. The second-order valence-electron chi connectivity index (χ2n) is 6.22. The number of nitrogens with zero attached hydrogens (tertiary/aromatic N) is 2. The third kappa shape index (κ3) is 3.82. The quantitative estimate of drug-likeness (QED) is 0.936. The third-order valence-electron chi connectivity index (χ3n) is 4.19. The van der Waals surface area contributed by atoms with Crippen molar-refractivity contribution in [3.05, 3.63) is 53.7 Å². The average molecular weight is 327 g/mol. The van der Waals surface area contributed by atoms with Gasteiger partial charge < -0.3 is 14.6 Å². The van der Waals surface area contributed by atoms with Crippen molar-refractivity contribution < 1.29 is 14.0 Å². The van der Waals surface area contributed by atoms with E-state index in [2.05, 4.69) is 17.2 Å². The number of aromatic nitrogens is 1. The smallest absolute Gasteiger partial charge is 0.255 e. The number of nitrogens with one attached hydrogen (secondary N) is 1. The number of likely N-dealkylation sites (tertiary alicyclic amines) is 1. The van der Waals surface area contributed by atoms with Gasteiger partial charge in [0, 0.05) is 25.5 Å². The second-order valence-corrected chi connectivity index (χ2v) is 6.22. The largest absolute Gasteiger partial charge is 0.467 e. The first-order chi connectivity index (χ1) is 11.6. The Morgan fingerprint density at radius 1 is 1.38 bits per heavy atom. The van der Waals surface area contributed by atoms with Crippen LogP contribution in [0.25, 0.3) is 0 Å². The van der Waals surface area contributed by atoms with Crippen LogP contribution >= 0.6 is 0 Å². The second kappa shape index (κ2) is 7.29. The summed E-state index contributed by atoms with van der Waals surface area (Å²) < 4.78 is 5.18. The molecule has 1 fully saturated rings. The standard InChI is InChI=1S/C18H21N3O3/c1-13-4-2-6-21(12-13)18(23)15-8-14(9-19-10-15)17(22)20-11-16-5-3-7-24-16/h3,5,7-10,13H,2,4,6,11-12H2,1H3,(H,20,22). The number of carbonyl (C=O) groups excluding carboxylic acids is 2. The molecule has 24 heavy (non-hydrogen) atoms. The molecule has 0 saturated carbocycles. The van der Waals surface area contributed by atoms with E-state index < -0.39 is 0 Å². The number of hydrogen-bond acceptors (Lipinski definition) is 4. The Bertz CT molecular complexity index is 712. The molecular weight excluding hydrogens is 306 g/mol. The Kier molecular flexibility index (Phi) is 4.93. The molecule has 1 saturated heterocycles. The van der Waals surface area contributed by atoms with Gasteiger partial charge in [0.15, 0.2) is 0 Å². The van der Waals surface area contributed by atoms with Gasteiger partial charge in [-0.15, -0.1) is 0 Å². The van der Waals surface area contributed by atoms with Crippen molar-refractivity contribution in [2.75, 3.05) is 13.1 Å². The molecule has 3 rings (SSSR count). The van der Waals surface area contributed by atoms with Gasteiger partial charge in [0.2, 0.25) is 0 Å². The molecule has 0 aliphatic carbocycles. The Balaban J connectivity index is 1.66. The summed E-state index contributed by atoms with van der Waals surface area (Å²) in [7, 11) is 0. The number of hydrogen-bond donors (Lipinski definition) is 1. The SMILES string of the molecule is CC1CCCN(C(=O)c2cncc(C(=O)NCc3ccco3)c2)C1. The van der Waals surface area contributed by atoms with Crippen molar-refractivity contribution >= 4 is 11.8 Å². The molecule has 0 spiro atoms. The summed E-state index contributed by atoms with van der Waals surface area (Å²) in [5.41, 5.74) is 0.826. The Morgan fingerprint density at radius 3 is 2.96 bits per heavy atom. The van der Waals surface area contributed by atoms with Gasteiger partial charge in [-0.1, -0.05) is 6.92 Å². The molecule has 126 valence electrons. The van der Waals surface area contributed by atoms with Crippen LogP contribution in [-0.4, -0.2) is 34.8 Å². The van der Waals surface area contributed by atoms with E-state index in [4.69, 9.17) is 4.42 Å². The summed E-state index contributed by atoms with van der Waals surface area (Å²) in [6.45, 7) is 3.97. The molecule has 1 aliphatic rings. The lowest BCUT2D eigenvalue weighted by molar-refractivity contribution is 0.0682. The van der Waals surface area contributed by atoms with E-state index in [1.807, 2.05) is 4.90 Å². The molecule has 3 heterocycles. The molecule has 2 aromatic heterocycles. The zero-order chi connectivity index (χ0) is 16.9. The maximum Gasteiger partial charge on any atom is 0.255 e. The molecule has 0 radical (unpaired) electrons. The minimum absolute atomic E-state index is 0.0604. The summed E-state index contributed by atoms with van der Waals surface area (Å²) in [5, 5.41) is 2.76. The molecule has 2 amide bonds. The summed E-state index contributed by atoms with van der Waals surface area (Å²) in [5.74, 6) is 0.844. The maximum atomic E-state index is 12.6. The zero-order valence-corrected chi connectivity index (χ0v) is 13.7. The number of carbonyl (C=O) groups is 2. The highest BCUT2D eigenvalue weighted by molar-refractivity contribution is 5.99. The molecule has 0 aromatic carbocycles. The predicted molar refractivity (Wildman–Crippen MR) is 88.4 cm³/mol. The van der Waals surface area contributed by atoms with Crippen LogP contribution in [0.15, 0.2) is 41.3 Å². The van der Waals surface area contributed by atoms with Gasteiger partial charge in [-0.05, 0) is 37.0 Å². The fourth-order valence-electron chi connectivity index (χ4n) is 2.92. The lowest BCUT2D eigenvalue weighted by Crippen LogP contribution is -2.39. The lowest BCUT2D eigenvalue weighted by Gasteiger charge is -2.30. The van der Waals surface area contributed by atoms with Crippen molar-refractivity contribution in [2.45, 2.75) is 26.3 Å². The molecule has 2 aromatic rings. The molecule has 0 bridgehead atoms. The number of furan rings is 1. The lowest BCUT2D eigenvalue weighted by atomic mass is 9.99. The van der Waals surface area contributed by atoms with Crippen LogP contribution in [0.4, 0.5) is 0 Å². The highest BCUT2D eigenvalue weighted by Gasteiger charge is 2.22. The number of piperidine rings is 1. The Hall–Kier alpha value is -2.63. The summed E-state index contributed by atoms with van der Waals surface area (Å²) in [6, 6.07) is 5.16. The normalized spacial score (nSPS) is 17.5. The van der Waals surface area contributed by atoms with E-state index in [1.54, 1.807) is 24.5 Å². The van der Waals surface area contributed by atoms with Crippen molar-refractivity contribution in [3.63, 3.8) is 0 Å². The number of rotatable bonds is 4. The van der Waals surface area contributed by atoms with Crippen molar-refractivity contribution in [1.29, 1.82) is 0 Å². The molecule has 1 unspecified atom stereocenters. The monoisotopic (exact) mass is 327 g/mol. The summed E-state index contributed by atoms with van der Waals surface area (Å²) >= 11 is 0. The van der Waals surface area contributed by atoms with Gasteiger partial charge in [0.1, 0.15) is 5.76 Å². The molecule has 6 nitrogen and oxygen atoms in total. The van der Waals surface area contributed by atoms with Crippen molar-refractivity contribution in [1.82, 2.24) is 15.2 Å². The molecule has 1 atom stereocenters. The van der Waals surface area contributed by atoms with Crippen LogP contribution < -0.4 is 5.32 Å². The first-order valence-electron chi connectivity index (χ1n) is 8.18. The van der Waals surface area contributed by atoms with Crippen molar-refractivity contribution in [3.8, 4) is 0 Å². The minimum Gasteiger partial charge on any atom is -0.467 e. The van der Waals surface area contributed by atoms with Crippen LogP contribution in [0, 0.1) is 5.92 Å². The highest BCUT2D eigenvalue weighted by Crippen LogP contribution is 2.18. The van der Waals surface area contributed by atoms with Crippen LogP contribution in [0.5, 0.6) is 0 Å². The van der Waals surface area contributed by atoms with E-state index in [1.165, 1.54) is 12.4 Å². The van der Waals surface area contributed by atoms with Gasteiger partial charge in [0.25, 0.3) is 11.8 Å². The van der Waals surface area contributed by atoms with Gasteiger partial charge in [-0.2, -0.15) is 0 Å². The van der Waals surface area contributed by atoms with Crippen LogP contribution in [0.1, 0.15) is 46.2 Å². The van der Waals surface area contributed by atoms with E-state index in [-0.39, 0.29) is 11.8 Å². The van der Waals surface area contributed by atoms with Gasteiger partial charge in [0.05, 0.1) is 23.9 Å². The van der Waals surface area contributed by atoms with Crippen molar-refractivity contribution in [2.24, 2.45) is 5.92 Å². The molecule has 1 N–H and O–H groups in total. The fraction of sp³-hybridized carbons (Fsp3) is 0.389. The number of amides is 2. The van der Waals surface area contributed by atoms with Gasteiger partial charge in [-0.3, -0.25) is 14.6 Å². The highest BCUT2D eigenvalue weighted by atomic mass is 16.3. The predicted octanol–water partition coefficient (Wildman–Crippen LogP) is 2.48. The van der Waals surface area contributed by atoms with Gasteiger partial charge in [-0.25, -0.2) is 0 Å². The fourth-order valence-corrected chi connectivity index (χ4v) is 2.92. The summed E-state index contributed by atoms with van der Waals surface area (Å²) in [6.07, 6.45) is 6.71. The zero-order valence-electron chi connectivity index (χ0n) is 13.7. The number of pyridine rings is 1. The van der Waals surface area contributed by atoms with E-state index in [0.717, 1.165) is 25.9 Å². The molecule has 1 aliphatic heterocycles. The summed E-state index contributed by atoms with van der Waals surface area (Å²) in [4.78, 5) is 30.7. The molecular formula is C18H21N3O3. The Labute approximate surface area is 140 Å². The topological polar surface area (TPSA) is 75.4 Å². The third-order valence-corrected chi connectivity index (χ3v) is 4.19. The first-order valence-corrected chi connectivity index (χ1v) is 8.18.